The molecule has 146 valence electrons. The van der Waals surface area contributed by atoms with Gasteiger partial charge in [-0.15, -0.1) is 0 Å². The third-order valence-electron chi connectivity index (χ3n) is 5.60. The third-order valence-corrected chi connectivity index (χ3v) is 5.60. The van der Waals surface area contributed by atoms with E-state index >= 15 is 0 Å². The van der Waals surface area contributed by atoms with Crippen LogP contribution >= 0.6 is 0 Å². The van der Waals surface area contributed by atoms with Gasteiger partial charge in [0.25, 0.3) is 0 Å². The number of benzene rings is 2. The standard InChI is InChI=1S/C22H21N5O2/c1-26-8-4-14-2-3-15(10-20(14)26)18-11-17(12-19-21(18)24-7-6-23-19)25-16-5-9-27(13-16)22(28)29/h2-4,6-8,10-12,16,25H,5,9,13H2,1H3,(H,28,29). The Morgan fingerprint density at radius 1 is 1.17 bits per heavy atom. The second-order valence-corrected chi connectivity index (χ2v) is 7.51. The molecular formula is C22H21N5O2. The number of carboxylic acid groups (broad SMARTS) is 1. The lowest BCUT2D eigenvalue weighted by Gasteiger charge is -2.17. The summed E-state index contributed by atoms with van der Waals surface area (Å²) in [4.78, 5) is 21.7. The largest absolute Gasteiger partial charge is 0.465 e. The van der Waals surface area contributed by atoms with Gasteiger partial charge in [0.1, 0.15) is 0 Å². The van der Waals surface area contributed by atoms with Gasteiger partial charge in [-0.2, -0.15) is 0 Å². The number of nitrogens with one attached hydrogen (secondary N) is 1. The summed E-state index contributed by atoms with van der Waals surface area (Å²) in [5.41, 5.74) is 5.84. The molecule has 29 heavy (non-hydrogen) atoms. The van der Waals surface area contributed by atoms with E-state index in [1.54, 1.807) is 12.4 Å². The van der Waals surface area contributed by atoms with Gasteiger partial charge in [0, 0.05) is 61.5 Å². The van der Waals surface area contributed by atoms with Crippen LogP contribution in [0.2, 0.25) is 0 Å². The predicted molar refractivity (Wildman–Crippen MR) is 113 cm³/mol. The first-order valence-corrected chi connectivity index (χ1v) is 9.63. The first-order chi connectivity index (χ1) is 14.1. The van der Waals surface area contributed by atoms with Crippen molar-refractivity contribution in [2.45, 2.75) is 12.5 Å². The SMILES string of the molecule is Cn1ccc2ccc(-c3cc(NC4CCN(C(=O)O)C4)cc4nccnc34)cc21. The Bertz CT molecular complexity index is 1230. The maximum Gasteiger partial charge on any atom is 0.407 e. The highest BCUT2D eigenvalue weighted by molar-refractivity contribution is 5.97. The maximum absolute atomic E-state index is 11.2. The predicted octanol–water partition coefficient (Wildman–Crippen LogP) is 3.95. The fourth-order valence-electron chi connectivity index (χ4n) is 4.10. The number of carbonyl (C=O) groups is 1. The van der Waals surface area contributed by atoms with E-state index in [-0.39, 0.29) is 6.04 Å². The Kier molecular flexibility index (Phi) is 4.08. The number of hydrogen-bond acceptors (Lipinski definition) is 4. The molecule has 7 nitrogen and oxygen atoms in total. The molecule has 0 spiro atoms. The van der Waals surface area contributed by atoms with Crippen molar-refractivity contribution in [3.8, 4) is 11.1 Å². The summed E-state index contributed by atoms with van der Waals surface area (Å²) in [6.07, 6.45) is 5.38. The van der Waals surface area contributed by atoms with Gasteiger partial charge in [-0.3, -0.25) is 9.97 Å². The summed E-state index contributed by atoms with van der Waals surface area (Å²) in [6, 6.07) is 12.7. The van der Waals surface area contributed by atoms with E-state index in [1.165, 1.54) is 10.3 Å². The van der Waals surface area contributed by atoms with Crippen LogP contribution in [0.3, 0.4) is 0 Å². The Morgan fingerprint density at radius 2 is 2.03 bits per heavy atom. The number of likely N-dealkylation sites (tertiary alicyclic amines) is 1. The first kappa shape index (κ1) is 17.5. The minimum Gasteiger partial charge on any atom is -0.465 e. The van der Waals surface area contributed by atoms with Crippen LogP contribution in [0.5, 0.6) is 0 Å². The van der Waals surface area contributed by atoms with Crippen molar-refractivity contribution in [1.29, 1.82) is 0 Å². The molecule has 1 amide bonds. The summed E-state index contributed by atoms with van der Waals surface area (Å²) in [5.74, 6) is 0. The van der Waals surface area contributed by atoms with Gasteiger partial charge in [0.15, 0.2) is 0 Å². The van der Waals surface area contributed by atoms with Crippen molar-refractivity contribution in [1.82, 2.24) is 19.4 Å². The molecule has 0 radical (unpaired) electrons. The zero-order chi connectivity index (χ0) is 20.0. The Labute approximate surface area is 167 Å². The number of aromatic nitrogens is 3. The van der Waals surface area contributed by atoms with Crippen LogP contribution in [0, 0.1) is 0 Å². The molecule has 1 atom stereocenters. The molecular weight excluding hydrogens is 366 g/mol. The van der Waals surface area contributed by atoms with E-state index in [0.717, 1.165) is 39.8 Å². The third kappa shape index (κ3) is 3.14. The van der Waals surface area contributed by atoms with Gasteiger partial charge in [0.2, 0.25) is 0 Å². The second-order valence-electron chi connectivity index (χ2n) is 7.51. The van der Waals surface area contributed by atoms with Crippen LogP contribution in [0.4, 0.5) is 10.5 Å². The summed E-state index contributed by atoms with van der Waals surface area (Å²) >= 11 is 0. The molecule has 0 bridgehead atoms. The average Bonchev–Trinajstić information content (AvgIpc) is 3.34. The molecule has 1 aliphatic heterocycles. The van der Waals surface area contributed by atoms with E-state index in [9.17, 15) is 9.90 Å². The van der Waals surface area contributed by atoms with Crippen LogP contribution in [-0.4, -0.2) is 49.8 Å². The van der Waals surface area contributed by atoms with Crippen molar-refractivity contribution < 1.29 is 9.90 Å². The fourth-order valence-corrected chi connectivity index (χ4v) is 4.10. The second kappa shape index (κ2) is 6.77. The molecule has 3 heterocycles. The van der Waals surface area contributed by atoms with Crippen LogP contribution in [0.25, 0.3) is 33.1 Å². The highest BCUT2D eigenvalue weighted by Crippen LogP contribution is 2.32. The van der Waals surface area contributed by atoms with E-state index < -0.39 is 6.09 Å². The van der Waals surface area contributed by atoms with E-state index in [0.29, 0.717) is 13.1 Å². The minimum absolute atomic E-state index is 0.0865. The van der Waals surface area contributed by atoms with Crippen molar-refractivity contribution in [2.24, 2.45) is 7.05 Å². The first-order valence-electron chi connectivity index (χ1n) is 9.63. The summed E-state index contributed by atoms with van der Waals surface area (Å²) in [5, 5.41) is 13.9. The van der Waals surface area contributed by atoms with Crippen LogP contribution in [0.1, 0.15) is 6.42 Å². The van der Waals surface area contributed by atoms with Crippen LogP contribution in [0.15, 0.2) is 55.0 Å². The van der Waals surface area contributed by atoms with Gasteiger partial charge in [-0.25, -0.2) is 4.79 Å². The molecule has 1 unspecified atom stereocenters. The highest BCUT2D eigenvalue weighted by Gasteiger charge is 2.26. The lowest BCUT2D eigenvalue weighted by molar-refractivity contribution is 0.155. The lowest BCUT2D eigenvalue weighted by Crippen LogP contribution is -2.30. The van der Waals surface area contributed by atoms with Gasteiger partial charge in [-0.05, 0) is 41.6 Å². The number of amides is 1. The van der Waals surface area contributed by atoms with Crippen molar-refractivity contribution in [2.75, 3.05) is 18.4 Å². The fraction of sp³-hybridized carbons (Fsp3) is 0.227. The van der Waals surface area contributed by atoms with Crippen molar-refractivity contribution in [3.05, 3.63) is 55.0 Å². The lowest BCUT2D eigenvalue weighted by atomic mass is 10.0. The molecule has 7 heteroatoms. The maximum atomic E-state index is 11.2. The Hall–Kier alpha value is -3.61. The molecule has 2 aromatic carbocycles. The van der Waals surface area contributed by atoms with Gasteiger partial charge >= 0.3 is 6.09 Å². The number of aryl methyl sites for hydroxylation is 1. The van der Waals surface area contributed by atoms with Gasteiger partial charge in [-0.1, -0.05) is 12.1 Å². The smallest absolute Gasteiger partial charge is 0.407 e. The quantitative estimate of drug-likeness (QED) is 0.556. The minimum atomic E-state index is -0.866. The summed E-state index contributed by atoms with van der Waals surface area (Å²) < 4.78 is 2.10. The van der Waals surface area contributed by atoms with Crippen molar-refractivity contribution in [3.63, 3.8) is 0 Å². The number of anilines is 1. The molecule has 2 aromatic heterocycles. The van der Waals surface area contributed by atoms with Crippen LogP contribution < -0.4 is 5.32 Å². The Balaban J connectivity index is 1.57. The summed E-state index contributed by atoms with van der Waals surface area (Å²) in [6.45, 7) is 1.04. The van der Waals surface area contributed by atoms with E-state index in [2.05, 4.69) is 56.4 Å². The number of fused-ring (bicyclic) bond motifs is 2. The topological polar surface area (TPSA) is 83.3 Å². The number of nitrogens with zero attached hydrogens (tertiary/aromatic N) is 4. The zero-order valence-electron chi connectivity index (χ0n) is 16.0. The van der Waals surface area contributed by atoms with E-state index in [1.807, 2.05) is 13.1 Å². The molecule has 5 rings (SSSR count). The molecule has 0 saturated carbocycles. The van der Waals surface area contributed by atoms with Crippen molar-refractivity contribution >= 4 is 33.7 Å². The normalized spacial score (nSPS) is 16.6. The number of hydrogen-bond donors (Lipinski definition) is 2. The molecule has 0 aliphatic carbocycles. The van der Waals surface area contributed by atoms with Gasteiger partial charge < -0.3 is 19.9 Å². The Morgan fingerprint density at radius 3 is 2.86 bits per heavy atom. The van der Waals surface area contributed by atoms with Crippen LogP contribution in [-0.2, 0) is 7.05 Å². The highest BCUT2D eigenvalue weighted by atomic mass is 16.4. The van der Waals surface area contributed by atoms with Gasteiger partial charge in [0.05, 0.1) is 11.0 Å². The molecule has 4 aromatic rings. The molecule has 1 aliphatic rings. The molecule has 1 fully saturated rings. The molecule has 2 N–H and O–H groups in total. The molecule has 1 saturated heterocycles. The average molecular weight is 387 g/mol. The monoisotopic (exact) mass is 387 g/mol. The number of rotatable bonds is 3. The van der Waals surface area contributed by atoms with E-state index in [4.69, 9.17) is 0 Å². The summed E-state index contributed by atoms with van der Waals surface area (Å²) in [7, 11) is 2.04. The zero-order valence-corrected chi connectivity index (χ0v) is 16.0.